The van der Waals surface area contributed by atoms with Crippen LogP contribution in [0.1, 0.15) is 63.9 Å². The number of rotatable bonds is 5. The zero-order valence-corrected chi connectivity index (χ0v) is 20.4. The van der Waals surface area contributed by atoms with E-state index in [2.05, 4.69) is 18.1 Å². The topological polar surface area (TPSA) is 88.1 Å². The molecule has 6 aliphatic rings. The quantitative estimate of drug-likeness (QED) is 0.717. The average Bonchev–Trinajstić information content (AvgIpc) is 3.64. The SMILES string of the molecule is COC[C@]12CC[C@]3(O)CC3[C@H]1CC[C@@H]1[C@@H]2CC[C@]2(C)C(C(=O)Cn3cc(C#N)cn3)C3CC3[C@@H]12. The molecule has 0 radical (unpaired) electrons. The van der Waals surface area contributed by atoms with Crippen LogP contribution in [0.2, 0.25) is 0 Å². The minimum absolute atomic E-state index is 0.0904. The highest BCUT2D eigenvalue weighted by atomic mass is 16.5. The van der Waals surface area contributed by atoms with Crippen LogP contribution in [0.25, 0.3) is 0 Å². The largest absolute Gasteiger partial charge is 0.390 e. The van der Waals surface area contributed by atoms with Crippen LogP contribution in [-0.4, -0.2) is 40.0 Å². The van der Waals surface area contributed by atoms with E-state index in [4.69, 9.17) is 10.00 Å². The van der Waals surface area contributed by atoms with E-state index in [-0.39, 0.29) is 22.3 Å². The molecule has 1 aromatic rings. The van der Waals surface area contributed by atoms with Gasteiger partial charge in [-0.3, -0.25) is 9.48 Å². The molecule has 7 rings (SSSR count). The number of carbonyl (C=O) groups is 1. The Morgan fingerprint density at radius 2 is 2.06 bits per heavy atom. The Hall–Kier alpha value is -1.71. The van der Waals surface area contributed by atoms with Crippen molar-refractivity contribution >= 4 is 5.78 Å². The third-order valence-corrected chi connectivity index (χ3v) is 12.0. The Labute approximate surface area is 202 Å². The van der Waals surface area contributed by atoms with Crippen molar-refractivity contribution in [1.82, 2.24) is 9.78 Å². The smallest absolute Gasteiger partial charge is 0.158 e. The summed E-state index contributed by atoms with van der Waals surface area (Å²) in [5.41, 5.74) is 0.459. The average molecular weight is 464 g/mol. The molecule has 6 aliphatic carbocycles. The van der Waals surface area contributed by atoms with Crippen LogP contribution in [0, 0.1) is 69.5 Å². The first-order valence-electron chi connectivity index (χ1n) is 13.5. The van der Waals surface area contributed by atoms with Gasteiger partial charge in [-0.2, -0.15) is 10.4 Å². The summed E-state index contributed by atoms with van der Waals surface area (Å²) >= 11 is 0. The number of carbonyl (C=O) groups excluding carboxylic acids is 1. The van der Waals surface area contributed by atoms with E-state index < -0.39 is 0 Å². The van der Waals surface area contributed by atoms with Gasteiger partial charge < -0.3 is 9.84 Å². The first-order chi connectivity index (χ1) is 16.3. The molecule has 1 N–H and O–H groups in total. The molecule has 1 heterocycles. The highest BCUT2D eigenvalue weighted by Gasteiger charge is 2.74. The van der Waals surface area contributed by atoms with E-state index in [1.54, 1.807) is 17.1 Å². The molecule has 0 amide bonds. The minimum Gasteiger partial charge on any atom is -0.390 e. The first kappa shape index (κ1) is 21.6. The maximum absolute atomic E-state index is 13.7. The van der Waals surface area contributed by atoms with Crippen LogP contribution < -0.4 is 0 Å². The molecule has 0 bridgehead atoms. The van der Waals surface area contributed by atoms with Crippen molar-refractivity contribution in [1.29, 1.82) is 5.26 Å². The maximum Gasteiger partial charge on any atom is 0.158 e. The molecule has 6 nitrogen and oxygen atoms in total. The third-order valence-electron chi connectivity index (χ3n) is 12.0. The monoisotopic (exact) mass is 463 g/mol. The molecule has 1 aromatic heterocycles. The number of hydrogen-bond acceptors (Lipinski definition) is 5. The lowest BCUT2D eigenvalue weighted by Crippen LogP contribution is -2.58. The molecule has 0 spiro atoms. The number of nitrogens with zero attached hydrogens (tertiary/aromatic N) is 3. The van der Waals surface area contributed by atoms with Gasteiger partial charge in [0.2, 0.25) is 0 Å². The minimum atomic E-state index is -0.373. The Bertz CT molecular complexity index is 1080. The van der Waals surface area contributed by atoms with Crippen molar-refractivity contribution in [2.45, 2.75) is 70.4 Å². The van der Waals surface area contributed by atoms with Crippen molar-refractivity contribution in [3.05, 3.63) is 18.0 Å². The number of aliphatic hydroxyl groups is 1. The van der Waals surface area contributed by atoms with E-state index in [1.165, 1.54) is 25.7 Å². The zero-order valence-electron chi connectivity index (χ0n) is 20.4. The summed E-state index contributed by atoms with van der Waals surface area (Å²) < 4.78 is 7.60. The standard InChI is InChI=1S/C28H37N3O3/c1-26-6-5-20-17(3-4-21-22-10-28(22,33)8-7-27(20,21)15-34-2)24(26)18-9-19(18)25(26)23(32)14-31-13-16(11-29)12-30-31/h12-13,17-22,24-25,33H,3-10,14-15H2,1-2H3/t17-,18?,19?,20+,21-,22?,24-,25?,26+,27+,28+/m1/s1. The zero-order chi connectivity index (χ0) is 23.5. The van der Waals surface area contributed by atoms with Crippen molar-refractivity contribution in [2.24, 2.45) is 58.2 Å². The second-order valence-electron chi connectivity index (χ2n) is 13.2. The Morgan fingerprint density at radius 3 is 2.82 bits per heavy atom. The number of methoxy groups -OCH3 is 1. The van der Waals surface area contributed by atoms with Crippen LogP contribution in [0.5, 0.6) is 0 Å². The van der Waals surface area contributed by atoms with Crippen LogP contribution in [0.4, 0.5) is 0 Å². The highest BCUT2D eigenvalue weighted by molar-refractivity contribution is 5.83. The van der Waals surface area contributed by atoms with Gasteiger partial charge in [0.25, 0.3) is 0 Å². The van der Waals surface area contributed by atoms with E-state index in [0.29, 0.717) is 59.3 Å². The molecular formula is C28H37N3O3. The van der Waals surface area contributed by atoms with Crippen molar-refractivity contribution in [2.75, 3.05) is 13.7 Å². The normalized spacial score (nSPS) is 51.8. The van der Waals surface area contributed by atoms with Gasteiger partial charge in [-0.15, -0.1) is 0 Å². The second-order valence-corrected chi connectivity index (χ2v) is 13.2. The van der Waals surface area contributed by atoms with E-state index in [9.17, 15) is 9.90 Å². The van der Waals surface area contributed by atoms with Gasteiger partial charge in [0.15, 0.2) is 5.78 Å². The summed E-state index contributed by atoms with van der Waals surface area (Å²) in [5, 5.41) is 24.3. The van der Waals surface area contributed by atoms with E-state index in [0.717, 1.165) is 32.3 Å². The summed E-state index contributed by atoms with van der Waals surface area (Å²) in [5.74, 6) is 4.82. The lowest BCUT2D eigenvalue weighted by Gasteiger charge is -2.62. The highest BCUT2D eigenvalue weighted by Crippen LogP contribution is 2.77. The number of fused-ring (bicyclic) bond motifs is 9. The predicted molar refractivity (Wildman–Crippen MR) is 124 cm³/mol. The van der Waals surface area contributed by atoms with Crippen molar-refractivity contribution in [3.8, 4) is 6.07 Å². The molecule has 0 saturated heterocycles. The summed E-state index contributed by atoms with van der Waals surface area (Å²) in [6, 6.07) is 2.12. The molecule has 11 atom stereocenters. The molecular weight excluding hydrogens is 426 g/mol. The summed E-state index contributed by atoms with van der Waals surface area (Å²) in [4.78, 5) is 13.7. The molecule has 0 aliphatic heterocycles. The molecule has 4 unspecified atom stereocenters. The van der Waals surface area contributed by atoms with Gasteiger partial charge in [0.1, 0.15) is 6.07 Å². The predicted octanol–water partition coefficient (Wildman–Crippen LogP) is 3.83. The molecule has 6 heteroatoms. The molecule has 6 fully saturated rings. The van der Waals surface area contributed by atoms with Gasteiger partial charge >= 0.3 is 0 Å². The molecule has 182 valence electrons. The van der Waals surface area contributed by atoms with Gasteiger partial charge in [-0.25, -0.2) is 0 Å². The van der Waals surface area contributed by atoms with Gasteiger partial charge in [-0.1, -0.05) is 6.92 Å². The lowest BCUT2D eigenvalue weighted by atomic mass is 9.43. The third kappa shape index (κ3) is 2.69. The number of nitriles is 1. The van der Waals surface area contributed by atoms with Crippen molar-refractivity contribution < 1.29 is 14.6 Å². The van der Waals surface area contributed by atoms with Crippen LogP contribution in [-0.2, 0) is 16.1 Å². The van der Waals surface area contributed by atoms with Crippen LogP contribution >= 0.6 is 0 Å². The lowest BCUT2D eigenvalue weighted by molar-refractivity contribution is -0.168. The fourth-order valence-corrected chi connectivity index (χ4v) is 10.8. The Kier molecular flexibility index (Phi) is 4.41. The van der Waals surface area contributed by atoms with Gasteiger partial charge in [0.05, 0.1) is 30.5 Å². The maximum atomic E-state index is 13.7. The number of hydrogen-bond donors (Lipinski definition) is 1. The number of ketones is 1. The fourth-order valence-electron chi connectivity index (χ4n) is 10.8. The van der Waals surface area contributed by atoms with Gasteiger partial charge in [0, 0.05) is 24.6 Å². The summed E-state index contributed by atoms with van der Waals surface area (Å²) in [7, 11) is 1.87. The first-order valence-corrected chi connectivity index (χ1v) is 13.5. The number of Topliss-reactive ketones (excluding diaryl/α,β-unsaturated/α-hetero) is 1. The number of ether oxygens (including phenoxy) is 1. The van der Waals surface area contributed by atoms with Gasteiger partial charge in [-0.05, 0) is 98.2 Å². The van der Waals surface area contributed by atoms with Crippen LogP contribution in [0.15, 0.2) is 12.4 Å². The summed E-state index contributed by atoms with van der Waals surface area (Å²) in [6.07, 6.45) is 12.4. The fraction of sp³-hybridized carbons (Fsp3) is 0.821. The number of aromatic nitrogens is 2. The van der Waals surface area contributed by atoms with E-state index >= 15 is 0 Å². The second kappa shape index (κ2) is 6.95. The summed E-state index contributed by atoms with van der Waals surface area (Å²) in [6.45, 7) is 3.57. The van der Waals surface area contributed by atoms with E-state index in [1.807, 2.05) is 7.11 Å². The molecule has 6 saturated carbocycles. The Balaban J connectivity index is 1.17. The Morgan fingerprint density at radius 1 is 1.21 bits per heavy atom. The molecule has 34 heavy (non-hydrogen) atoms. The van der Waals surface area contributed by atoms with Crippen LogP contribution in [0.3, 0.4) is 0 Å². The molecule has 0 aromatic carbocycles. The van der Waals surface area contributed by atoms with Crippen molar-refractivity contribution in [3.63, 3.8) is 0 Å².